The van der Waals surface area contributed by atoms with Gasteiger partial charge in [0.05, 0.1) is 16.2 Å². The number of sulfone groups is 1. The highest BCUT2D eigenvalue weighted by Crippen LogP contribution is 2.20. The number of hydrogen-bond donors (Lipinski definition) is 2. The summed E-state index contributed by atoms with van der Waals surface area (Å²) < 4.78 is 24.2. The molecule has 6 nitrogen and oxygen atoms in total. The predicted octanol–water partition coefficient (Wildman–Crippen LogP) is 2.69. The molecule has 7 heteroatoms. The van der Waals surface area contributed by atoms with Crippen LogP contribution in [0.2, 0.25) is 0 Å². The van der Waals surface area contributed by atoms with E-state index >= 15 is 0 Å². The van der Waals surface area contributed by atoms with E-state index in [4.69, 9.17) is 0 Å². The first-order chi connectivity index (χ1) is 11.3. The van der Waals surface area contributed by atoms with Crippen molar-refractivity contribution in [3.05, 3.63) is 54.1 Å². The fourth-order valence-electron chi connectivity index (χ4n) is 2.12. The van der Waals surface area contributed by atoms with Crippen LogP contribution >= 0.6 is 0 Å². The highest BCUT2D eigenvalue weighted by atomic mass is 32.2. The quantitative estimate of drug-likeness (QED) is 0.870. The molecule has 0 aliphatic rings. The zero-order valence-corrected chi connectivity index (χ0v) is 14.2. The molecule has 2 N–H and O–H groups in total. The largest absolute Gasteiger partial charge is 0.326 e. The van der Waals surface area contributed by atoms with Crippen LogP contribution in [0.3, 0.4) is 0 Å². The average Bonchev–Trinajstić information content (AvgIpc) is 2.56. The van der Waals surface area contributed by atoms with E-state index in [2.05, 4.69) is 10.6 Å². The summed E-state index contributed by atoms with van der Waals surface area (Å²) in [7, 11) is -3.49. The Morgan fingerprint density at radius 1 is 0.917 bits per heavy atom. The Morgan fingerprint density at radius 2 is 1.46 bits per heavy atom. The molecule has 0 radical (unpaired) electrons. The maximum absolute atomic E-state index is 12.4. The zero-order chi connectivity index (χ0) is 17.7. The van der Waals surface area contributed by atoms with E-state index in [0.29, 0.717) is 11.4 Å². The van der Waals surface area contributed by atoms with E-state index in [-0.39, 0.29) is 22.1 Å². The van der Waals surface area contributed by atoms with Crippen molar-refractivity contribution in [2.45, 2.75) is 18.7 Å². The zero-order valence-electron chi connectivity index (χ0n) is 13.4. The molecule has 0 unspecified atom stereocenters. The molecule has 126 valence electrons. The summed E-state index contributed by atoms with van der Waals surface area (Å²) in [4.78, 5) is 23.4. The van der Waals surface area contributed by atoms with Gasteiger partial charge in [0.25, 0.3) is 5.91 Å². The van der Waals surface area contributed by atoms with Gasteiger partial charge in [0.2, 0.25) is 5.91 Å². The van der Waals surface area contributed by atoms with Crippen molar-refractivity contribution >= 4 is 33.0 Å². The van der Waals surface area contributed by atoms with Crippen molar-refractivity contribution in [3.63, 3.8) is 0 Å². The summed E-state index contributed by atoms with van der Waals surface area (Å²) in [6, 6.07) is 12.6. The monoisotopic (exact) mass is 346 g/mol. The second-order valence-corrected chi connectivity index (χ2v) is 7.36. The number of amides is 2. The van der Waals surface area contributed by atoms with Gasteiger partial charge >= 0.3 is 0 Å². The minimum absolute atomic E-state index is 0.0138. The summed E-state index contributed by atoms with van der Waals surface area (Å²) in [5.41, 5.74) is 1.21. The van der Waals surface area contributed by atoms with E-state index < -0.39 is 15.7 Å². The predicted molar refractivity (Wildman–Crippen MR) is 92.9 cm³/mol. The van der Waals surface area contributed by atoms with E-state index in [1.165, 1.54) is 26.0 Å². The summed E-state index contributed by atoms with van der Waals surface area (Å²) in [5, 5.41) is 5.28. The minimum atomic E-state index is -3.49. The van der Waals surface area contributed by atoms with Crippen molar-refractivity contribution in [1.82, 2.24) is 0 Å². The molecule has 0 saturated heterocycles. The first kappa shape index (κ1) is 17.7. The molecule has 2 aromatic rings. The van der Waals surface area contributed by atoms with E-state index in [1.807, 2.05) is 0 Å². The number of carbonyl (C=O) groups excluding carboxylic acids is 2. The molecule has 0 fully saturated rings. The topological polar surface area (TPSA) is 92.3 Å². The Balaban J connectivity index is 2.23. The number of anilines is 2. The normalized spacial score (nSPS) is 10.9. The van der Waals surface area contributed by atoms with Crippen LogP contribution in [0, 0.1) is 0 Å². The SMILES string of the molecule is CCS(=O)(=O)c1ccccc1C(=O)Nc1ccc(NC(C)=O)cc1. The Bertz CT molecular complexity index is 858. The van der Waals surface area contributed by atoms with Crippen molar-refractivity contribution in [3.8, 4) is 0 Å². The van der Waals surface area contributed by atoms with Gasteiger partial charge in [0.1, 0.15) is 0 Å². The summed E-state index contributed by atoms with van der Waals surface area (Å²) >= 11 is 0. The van der Waals surface area contributed by atoms with Gasteiger partial charge in [-0.25, -0.2) is 8.42 Å². The standard InChI is InChI=1S/C17H18N2O4S/c1-3-24(22,23)16-7-5-4-6-15(16)17(21)19-14-10-8-13(9-11-14)18-12(2)20/h4-11H,3H2,1-2H3,(H,18,20)(H,19,21). The molecule has 0 bridgehead atoms. The molecule has 2 rings (SSSR count). The maximum atomic E-state index is 12.4. The van der Waals surface area contributed by atoms with Gasteiger partial charge < -0.3 is 10.6 Å². The number of nitrogens with one attached hydrogen (secondary N) is 2. The van der Waals surface area contributed by atoms with Crippen molar-refractivity contribution < 1.29 is 18.0 Å². The Morgan fingerprint density at radius 3 is 2.00 bits per heavy atom. The Hall–Kier alpha value is -2.67. The van der Waals surface area contributed by atoms with Crippen LogP contribution in [-0.2, 0) is 14.6 Å². The van der Waals surface area contributed by atoms with Crippen LogP contribution in [-0.4, -0.2) is 26.0 Å². The smallest absolute Gasteiger partial charge is 0.256 e. The van der Waals surface area contributed by atoms with Gasteiger partial charge in [0.15, 0.2) is 9.84 Å². The van der Waals surface area contributed by atoms with Gasteiger partial charge in [-0.05, 0) is 36.4 Å². The molecule has 0 heterocycles. The molecule has 2 amide bonds. The molecular weight excluding hydrogens is 328 g/mol. The van der Waals surface area contributed by atoms with Crippen LogP contribution in [0.4, 0.5) is 11.4 Å². The third-order valence-electron chi connectivity index (χ3n) is 3.31. The van der Waals surface area contributed by atoms with Crippen molar-refractivity contribution in [2.24, 2.45) is 0 Å². The lowest BCUT2D eigenvalue weighted by Gasteiger charge is -2.10. The van der Waals surface area contributed by atoms with E-state index in [0.717, 1.165) is 0 Å². The molecule has 0 saturated carbocycles. The average molecular weight is 346 g/mol. The Labute approximate surface area is 140 Å². The molecule has 0 aliphatic carbocycles. The summed E-state index contributed by atoms with van der Waals surface area (Å²) in [6.07, 6.45) is 0. The second-order valence-electron chi connectivity index (χ2n) is 5.11. The molecule has 24 heavy (non-hydrogen) atoms. The number of carbonyl (C=O) groups is 2. The molecule has 0 aromatic heterocycles. The fraction of sp³-hybridized carbons (Fsp3) is 0.176. The van der Waals surface area contributed by atoms with Gasteiger partial charge in [-0.2, -0.15) is 0 Å². The van der Waals surface area contributed by atoms with Crippen LogP contribution in [0.1, 0.15) is 24.2 Å². The molecule has 0 aliphatic heterocycles. The fourth-order valence-corrected chi connectivity index (χ4v) is 3.21. The maximum Gasteiger partial charge on any atom is 0.256 e. The first-order valence-corrected chi connectivity index (χ1v) is 8.99. The number of rotatable bonds is 5. The van der Waals surface area contributed by atoms with Gasteiger partial charge in [-0.15, -0.1) is 0 Å². The summed E-state index contributed by atoms with van der Waals surface area (Å²) in [5.74, 6) is -0.775. The second kappa shape index (κ2) is 7.27. The Kier molecular flexibility index (Phi) is 5.35. The van der Waals surface area contributed by atoms with Crippen molar-refractivity contribution in [1.29, 1.82) is 0 Å². The van der Waals surface area contributed by atoms with Gasteiger partial charge in [-0.1, -0.05) is 19.1 Å². The molecule has 2 aromatic carbocycles. The van der Waals surface area contributed by atoms with Crippen LogP contribution < -0.4 is 10.6 Å². The van der Waals surface area contributed by atoms with Crippen LogP contribution in [0.5, 0.6) is 0 Å². The molecule has 0 spiro atoms. The van der Waals surface area contributed by atoms with Gasteiger partial charge in [-0.3, -0.25) is 9.59 Å². The molecular formula is C17H18N2O4S. The summed E-state index contributed by atoms with van der Waals surface area (Å²) in [6.45, 7) is 2.94. The molecule has 0 atom stereocenters. The number of hydrogen-bond acceptors (Lipinski definition) is 4. The van der Waals surface area contributed by atoms with Crippen LogP contribution in [0.15, 0.2) is 53.4 Å². The first-order valence-electron chi connectivity index (χ1n) is 7.34. The van der Waals surface area contributed by atoms with E-state index in [1.54, 1.807) is 36.4 Å². The lowest BCUT2D eigenvalue weighted by molar-refractivity contribution is -0.114. The highest BCUT2D eigenvalue weighted by Gasteiger charge is 2.20. The van der Waals surface area contributed by atoms with Crippen LogP contribution in [0.25, 0.3) is 0 Å². The van der Waals surface area contributed by atoms with Crippen molar-refractivity contribution in [2.75, 3.05) is 16.4 Å². The minimum Gasteiger partial charge on any atom is -0.326 e. The number of benzene rings is 2. The van der Waals surface area contributed by atoms with Gasteiger partial charge in [0, 0.05) is 18.3 Å². The lowest BCUT2D eigenvalue weighted by Crippen LogP contribution is -2.17. The highest BCUT2D eigenvalue weighted by molar-refractivity contribution is 7.91. The third-order valence-corrected chi connectivity index (χ3v) is 5.10. The lowest BCUT2D eigenvalue weighted by atomic mass is 10.2. The van der Waals surface area contributed by atoms with E-state index in [9.17, 15) is 18.0 Å². The third kappa shape index (κ3) is 4.20.